The molecule has 122 valence electrons. The number of aliphatic hydroxyl groups is 1. The zero-order valence-electron chi connectivity index (χ0n) is 13.3. The van der Waals surface area contributed by atoms with E-state index in [1.807, 2.05) is 0 Å². The van der Waals surface area contributed by atoms with E-state index in [-0.39, 0.29) is 19.1 Å². The molecule has 0 aromatic heterocycles. The van der Waals surface area contributed by atoms with Crippen molar-refractivity contribution in [3.8, 4) is 0 Å². The summed E-state index contributed by atoms with van der Waals surface area (Å²) in [4.78, 5) is 18.2. The Balaban J connectivity index is 2.04. The standard InChI is InChI=1S/C16H18N2O2S3/c1-4-17-11-7-9(2)10(3)8-12(11)22-15(17)13-14(20)18(5-6-19)16(21)23-13/h7-8,19H,4-6H2,1-3H3. The first-order chi connectivity index (χ1) is 11.0. The molecular formula is C16H18N2O2S3. The number of thiocarbonyl (C=S) groups is 1. The Morgan fingerprint density at radius 1 is 1.17 bits per heavy atom. The maximum atomic E-state index is 12.6. The summed E-state index contributed by atoms with van der Waals surface area (Å²) in [6.45, 7) is 7.25. The third-order valence-corrected chi connectivity index (χ3v) is 6.73. The van der Waals surface area contributed by atoms with Crippen molar-refractivity contribution in [3.63, 3.8) is 0 Å². The van der Waals surface area contributed by atoms with E-state index in [2.05, 4.69) is 37.8 Å². The van der Waals surface area contributed by atoms with Gasteiger partial charge in [-0.05, 0) is 44.0 Å². The first-order valence-electron chi connectivity index (χ1n) is 7.43. The number of hydrogen-bond acceptors (Lipinski definition) is 6. The van der Waals surface area contributed by atoms with Crippen LogP contribution in [0.25, 0.3) is 0 Å². The Bertz CT molecular complexity index is 730. The van der Waals surface area contributed by atoms with Crippen LogP contribution in [0.15, 0.2) is 27.0 Å². The molecule has 7 heteroatoms. The van der Waals surface area contributed by atoms with Crippen LogP contribution < -0.4 is 4.90 Å². The molecule has 0 saturated carbocycles. The number of fused-ring (bicyclic) bond motifs is 1. The van der Waals surface area contributed by atoms with Crippen LogP contribution in [0.4, 0.5) is 5.69 Å². The molecule has 0 spiro atoms. The first kappa shape index (κ1) is 16.8. The average molecular weight is 367 g/mol. The molecule has 1 amide bonds. The number of benzene rings is 1. The van der Waals surface area contributed by atoms with Gasteiger partial charge in [-0.3, -0.25) is 9.69 Å². The van der Waals surface area contributed by atoms with Crippen LogP contribution in [0, 0.1) is 13.8 Å². The predicted octanol–water partition coefficient (Wildman–Crippen LogP) is 3.26. The van der Waals surface area contributed by atoms with E-state index in [4.69, 9.17) is 17.3 Å². The molecule has 2 heterocycles. The fourth-order valence-corrected chi connectivity index (χ4v) is 5.40. The van der Waals surface area contributed by atoms with Crippen LogP contribution in [0.1, 0.15) is 18.1 Å². The van der Waals surface area contributed by atoms with Crippen molar-refractivity contribution in [1.29, 1.82) is 0 Å². The van der Waals surface area contributed by atoms with Gasteiger partial charge in [-0.25, -0.2) is 0 Å². The Morgan fingerprint density at radius 2 is 1.87 bits per heavy atom. The lowest BCUT2D eigenvalue weighted by atomic mass is 10.1. The molecular weight excluding hydrogens is 348 g/mol. The molecule has 2 aliphatic rings. The number of anilines is 1. The number of nitrogens with zero attached hydrogens (tertiary/aromatic N) is 2. The summed E-state index contributed by atoms with van der Waals surface area (Å²) in [7, 11) is 0. The van der Waals surface area contributed by atoms with Crippen molar-refractivity contribution in [2.75, 3.05) is 24.6 Å². The number of hydrogen-bond donors (Lipinski definition) is 1. The summed E-state index contributed by atoms with van der Waals surface area (Å²) in [6, 6.07) is 4.36. The maximum Gasteiger partial charge on any atom is 0.268 e. The van der Waals surface area contributed by atoms with Crippen LogP contribution in [0.3, 0.4) is 0 Å². The molecule has 0 bridgehead atoms. The van der Waals surface area contributed by atoms with Crippen LogP contribution in [0.5, 0.6) is 0 Å². The monoisotopic (exact) mass is 366 g/mol. The van der Waals surface area contributed by atoms with Gasteiger partial charge in [-0.1, -0.05) is 35.7 Å². The number of β-amino-alcohol motifs (C(OH)–C–C–N with tert-alkyl or cyclic N) is 1. The molecule has 0 unspecified atom stereocenters. The summed E-state index contributed by atoms with van der Waals surface area (Å²) < 4.78 is 0.520. The normalized spacial score (nSPS) is 20.7. The zero-order chi connectivity index (χ0) is 16.7. The zero-order valence-corrected chi connectivity index (χ0v) is 15.7. The van der Waals surface area contributed by atoms with E-state index in [1.54, 1.807) is 11.8 Å². The second-order valence-corrected chi connectivity index (χ2v) is 8.11. The minimum absolute atomic E-state index is 0.0850. The van der Waals surface area contributed by atoms with Gasteiger partial charge in [-0.2, -0.15) is 0 Å². The van der Waals surface area contributed by atoms with Crippen molar-refractivity contribution >= 4 is 51.7 Å². The summed E-state index contributed by atoms with van der Waals surface area (Å²) in [5.74, 6) is -0.101. The summed E-state index contributed by atoms with van der Waals surface area (Å²) >= 11 is 8.25. The van der Waals surface area contributed by atoms with Gasteiger partial charge < -0.3 is 10.0 Å². The van der Waals surface area contributed by atoms with E-state index >= 15 is 0 Å². The van der Waals surface area contributed by atoms with E-state index < -0.39 is 0 Å². The van der Waals surface area contributed by atoms with Crippen molar-refractivity contribution < 1.29 is 9.90 Å². The number of aryl methyl sites for hydroxylation is 2. The number of thioether (sulfide) groups is 2. The van der Waals surface area contributed by atoms with E-state index in [9.17, 15) is 4.79 Å². The highest BCUT2D eigenvalue weighted by molar-refractivity contribution is 8.27. The van der Waals surface area contributed by atoms with Gasteiger partial charge in [0.2, 0.25) is 0 Å². The maximum absolute atomic E-state index is 12.6. The Morgan fingerprint density at radius 3 is 2.52 bits per heavy atom. The number of aliphatic hydroxyl groups excluding tert-OH is 1. The van der Waals surface area contributed by atoms with Gasteiger partial charge in [-0.15, -0.1) is 0 Å². The minimum Gasteiger partial charge on any atom is -0.395 e. The van der Waals surface area contributed by atoms with Crippen LogP contribution in [0.2, 0.25) is 0 Å². The van der Waals surface area contributed by atoms with Crippen molar-refractivity contribution in [2.24, 2.45) is 0 Å². The van der Waals surface area contributed by atoms with Crippen LogP contribution in [-0.2, 0) is 4.79 Å². The Labute approximate surface area is 149 Å². The first-order valence-corrected chi connectivity index (χ1v) is 9.47. The highest BCUT2D eigenvalue weighted by Crippen LogP contribution is 2.51. The SMILES string of the molecule is CCN1C(=C2SC(=S)N(CCO)C2=O)Sc2cc(C)c(C)cc21. The van der Waals surface area contributed by atoms with Crippen molar-refractivity contribution in [2.45, 2.75) is 25.7 Å². The molecule has 4 nitrogen and oxygen atoms in total. The van der Waals surface area contributed by atoms with Gasteiger partial charge in [0, 0.05) is 11.4 Å². The molecule has 0 radical (unpaired) electrons. The molecule has 1 fully saturated rings. The fourth-order valence-electron chi connectivity index (χ4n) is 2.64. The highest BCUT2D eigenvalue weighted by Gasteiger charge is 2.38. The second-order valence-electron chi connectivity index (χ2n) is 5.43. The fraction of sp³-hybridized carbons (Fsp3) is 0.375. The molecule has 0 aliphatic carbocycles. The van der Waals surface area contributed by atoms with Crippen LogP contribution >= 0.6 is 35.7 Å². The van der Waals surface area contributed by atoms with Gasteiger partial charge in [0.1, 0.15) is 14.3 Å². The van der Waals surface area contributed by atoms with Gasteiger partial charge in [0.05, 0.1) is 18.8 Å². The molecule has 1 N–H and O–H groups in total. The number of amides is 1. The Hall–Kier alpha value is -1.02. The van der Waals surface area contributed by atoms with E-state index in [0.717, 1.165) is 17.3 Å². The summed E-state index contributed by atoms with van der Waals surface area (Å²) in [5.41, 5.74) is 3.65. The molecule has 0 atom stereocenters. The topological polar surface area (TPSA) is 43.8 Å². The highest BCUT2D eigenvalue weighted by atomic mass is 32.2. The third-order valence-electron chi connectivity index (χ3n) is 4.00. The molecule has 23 heavy (non-hydrogen) atoms. The summed E-state index contributed by atoms with van der Waals surface area (Å²) in [5, 5.41) is 10.1. The predicted molar refractivity (Wildman–Crippen MR) is 101 cm³/mol. The van der Waals surface area contributed by atoms with Crippen LogP contribution in [-0.4, -0.2) is 39.9 Å². The molecule has 1 saturated heterocycles. The molecule has 2 aliphatic heterocycles. The minimum atomic E-state index is -0.101. The smallest absolute Gasteiger partial charge is 0.268 e. The quantitative estimate of drug-likeness (QED) is 0.654. The lowest BCUT2D eigenvalue weighted by Gasteiger charge is -2.20. The van der Waals surface area contributed by atoms with Gasteiger partial charge >= 0.3 is 0 Å². The van der Waals surface area contributed by atoms with E-state index in [0.29, 0.717) is 9.23 Å². The summed E-state index contributed by atoms with van der Waals surface area (Å²) in [6.07, 6.45) is 0. The lowest BCUT2D eigenvalue weighted by molar-refractivity contribution is -0.122. The van der Waals surface area contributed by atoms with Gasteiger partial charge in [0.15, 0.2) is 0 Å². The second kappa shape index (κ2) is 6.47. The third kappa shape index (κ3) is 2.80. The largest absolute Gasteiger partial charge is 0.395 e. The number of carbonyl (C=O) groups excluding carboxylic acids is 1. The van der Waals surface area contributed by atoms with E-state index in [1.165, 1.54) is 32.7 Å². The molecule has 3 rings (SSSR count). The van der Waals surface area contributed by atoms with Gasteiger partial charge in [0.25, 0.3) is 5.91 Å². The number of carbonyl (C=O) groups is 1. The lowest BCUT2D eigenvalue weighted by Crippen LogP contribution is -2.31. The molecule has 1 aromatic rings. The Kier molecular flexibility index (Phi) is 4.73. The van der Waals surface area contributed by atoms with Crippen molar-refractivity contribution in [3.05, 3.63) is 33.2 Å². The average Bonchev–Trinajstić information content (AvgIpc) is 2.99. The van der Waals surface area contributed by atoms with Crippen molar-refractivity contribution in [1.82, 2.24) is 4.90 Å². The number of rotatable bonds is 3. The molecule has 1 aromatic carbocycles.